The van der Waals surface area contributed by atoms with E-state index in [2.05, 4.69) is 40.7 Å². The molecule has 0 amide bonds. The summed E-state index contributed by atoms with van der Waals surface area (Å²) in [7, 11) is -1.45. The van der Waals surface area contributed by atoms with Crippen LogP contribution in [0.15, 0.2) is 52.4 Å². The molecule has 0 bridgehead atoms. The first-order valence-electron chi connectivity index (χ1n) is 10.3. The van der Waals surface area contributed by atoms with Crippen LogP contribution in [0.2, 0.25) is 0 Å². The van der Waals surface area contributed by atoms with E-state index in [9.17, 15) is 8.42 Å². The average Bonchev–Trinajstić information content (AvgIpc) is 3.22. The number of nitrogens with one attached hydrogen (secondary N) is 2. The third kappa shape index (κ3) is 7.68. The van der Waals surface area contributed by atoms with E-state index in [4.69, 9.17) is 4.74 Å². The summed E-state index contributed by atoms with van der Waals surface area (Å²) in [5, 5.41) is 6.61. The minimum absolute atomic E-state index is 0. The van der Waals surface area contributed by atoms with Crippen LogP contribution in [0.3, 0.4) is 0 Å². The van der Waals surface area contributed by atoms with Crippen molar-refractivity contribution in [3.8, 4) is 5.75 Å². The van der Waals surface area contributed by atoms with Crippen molar-refractivity contribution in [2.45, 2.75) is 56.7 Å². The van der Waals surface area contributed by atoms with Crippen LogP contribution in [0.4, 0.5) is 0 Å². The highest BCUT2D eigenvalue weighted by Crippen LogP contribution is 2.27. The second kappa shape index (κ2) is 11.7. The van der Waals surface area contributed by atoms with Gasteiger partial charge < -0.3 is 15.4 Å². The van der Waals surface area contributed by atoms with E-state index in [1.54, 1.807) is 19.2 Å². The summed E-state index contributed by atoms with van der Waals surface area (Å²) in [6, 6.07) is 13.2. The Labute approximate surface area is 202 Å². The van der Waals surface area contributed by atoms with Crippen molar-refractivity contribution in [2.24, 2.45) is 4.99 Å². The Balaban J connectivity index is 0.00000341. The van der Waals surface area contributed by atoms with Gasteiger partial charge >= 0.3 is 0 Å². The zero-order chi connectivity index (χ0) is 21.6. The number of benzene rings is 2. The second-order valence-corrected chi connectivity index (χ2v) is 9.85. The van der Waals surface area contributed by atoms with Crippen molar-refractivity contribution in [1.29, 1.82) is 0 Å². The molecule has 0 radical (unpaired) electrons. The van der Waals surface area contributed by atoms with Gasteiger partial charge in [0, 0.05) is 32.0 Å². The van der Waals surface area contributed by atoms with Crippen molar-refractivity contribution < 1.29 is 13.2 Å². The Morgan fingerprint density at radius 2 is 1.71 bits per heavy atom. The molecule has 6 nitrogen and oxygen atoms in total. The lowest BCUT2D eigenvalue weighted by atomic mass is 10.1. The Hall–Kier alpha value is -1.81. The van der Waals surface area contributed by atoms with Gasteiger partial charge in [0.05, 0.1) is 11.0 Å². The standard InChI is InChI=1S/C23H31N3O3S.HI/c1-17-8-11-19(22(14-17)29-20-6-4-5-7-20)16-26-23(24-2)25-15-18-9-12-21(13-10-18)30(3,27)28;/h8-14,20H,4-7,15-16H2,1-3H3,(H2,24,25,26);1H. The molecule has 0 aliphatic heterocycles. The zero-order valence-corrected chi connectivity index (χ0v) is 21.5. The summed E-state index contributed by atoms with van der Waals surface area (Å²) in [6.07, 6.45) is 6.27. The number of aliphatic imine (C=N–C) groups is 1. The van der Waals surface area contributed by atoms with Crippen LogP contribution in [0.25, 0.3) is 0 Å². The summed E-state index contributed by atoms with van der Waals surface area (Å²) in [5.74, 6) is 1.62. The molecule has 0 unspecified atom stereocenters. The van der Waals surface area contributed by atoms with Gasteiger partial charge in [0.2, 0.25) is 0 Å². The predicted molar refractivity (Wildman–Crippen MR) is 136 cm³/mol. The highest BCUT2D eigenvalue weighted by molar-refractivity contribution is 14.0. The van der Waals surface area contributed by atoms with Crippen molar-refractivity contribution >= 4 is 39.8 Å². The molecule has 31 heavy (non-hydrogen) atoms. The first kappa shape index (κ1) is 25.5. The van der Waals surface area contributed by atoms with Crippen LogP contribution in [-0.4, -0.2) is 33.8 Å². The lowest BCUT2D eigenvalue weighted by Crippen LogP contribution is -2.36. The highest BCUT2D eigenvalue weighted by atomic mass is 127. The van der Waals surface area contributed by atoms with Crippen LogP contribution in [0.5, 0.6) is 5.75 Å². The Bertz CT molecular complexity index is 986. The van der Waals surface area contributed by atoms with Crippen molar-refractivity contribution in [3.05, 3.63) is 59.2 Å². The Morgan fingerprint density at radius 3 is 2.32 bits per heavy atom. The van der Waals surface area contributed by atoms with E-state index in [0.29, 0.717) is 30.0 Å². The van der Waals surface area contributed by atoms with Crippen molar-refractivity contribution in [2.75, 3.05) is 13.3 Å². The molecule has 3 rings (SSSR count). The molecule has 170 valence electrons. The van der Waals surface area contributed by atoms with Crippen LogP contribution in [-0.2, 0) is 22.9 Å². The van der Waals surface area contributed by atoms with Gasteiger partial charge in [-0.05, 0) is 61.9 Å². The van der Waals surface area contributed by atoms with Gasteiger partial charge in [-0.3, -0.25) is 4.99 Å². The largest absolute Gasteiger partial charge is 0.490 e. The van der Waals surface area contributed by atoms with Gasteiger partial charge in [0.25, 0.3) is 0 Å². The maximum Gasteiger partial charge on any atom is 0.191 e. The first-order valence-corrected chi connectivity index (χ1v) is 12.2. The van der Waals surface area contributed by atoms with Gasteiger partial charge in [-0.15, -0.1) is 24.0 Å². The van der Waals surface area contributed by atoms with Crippen molar-refractivity contribution in [1.82, 2.24) is 10.6 Å². The summed E-state index contributed by atoms with van der Waals surface area (Å²) >= 11 is 0. The number of aryl methyl sites for hydroxylation is 1. The highest BCUT2D eigenvalue weighted by Gasteiger charge is 2.18. The van der Waals surface area contributed by atoms with Gasteiger partial charge in [-0.1, -0.05) is 24.3 Å². The van der Waals surface area contributed by atoms with Gasteiger partial charge in [0.1, 0.15) is 5.75 Å². The molecule has 8 heteroatoms. The fourth-order valence-corrected chi connectivity index (χ4v) is 4.17. The quantitative estimate of drug-likeness (QED) is 0.303. The van der Waals surface area contributed by atoms with Gasteiger partial charge in [-0.2, -0.15) is 0 Å². The van der Waals surface area contributed by atoms with Crippen molar-refractivity contribution in [3.63, 3.8) is 0 Å². The lowest BCUT2D eigenvalue weighted by molar-refractivity contribution is 0.207. The minimum Gasteiger partial charge on any atom is -0.490 e. The average molecular weight is 557 g/mol. The first-order chi connectivity index (χ1) is 14.3. The number of nitrogens with zero attached hydrogens (tertiary/aromatic N) is 1. The SMILES string of the molecule is CN=C(NCc1ccc(S(C)(=O)=O)cc1)NCc1ccc(C)cc1OC1CCCC1.I. The minimum atomic E-state index is -3.18. The number of hydrogen-bond acceptors (Lipinski definition) is 4. The summed E-state index contributed by atoms with van der Waals surface area (Å²) in [5.41, 5.74) is 3.27. The Morgan fingerprint density at radius 1 is 1.06 bits per heavy atom. The molecule has 1 fully saturated rings. The number of halogens is 1. The molecule has 2 aromatic rings. The van der Waals surface area contributed by atoms with E-state index < -0.39 is 9.84 Å². The molecular formula is C23H32IN3O3S. The maximum absolute atomic E-state index is 11.6. The number of ether oxygens (including phenoxy) is 1. The van der Waals surface area contributed by atoms with Crippen LogP contribution >= 0.6 is 24.0 Å². The smallest absolute Gasteiger partial charge is 0.191 e. The third-order valence-corrected chi connectivity index (χ3v) is 6.43. The van der Waals surface area contributed by atoms with E-state index in [-0.39, 0.29) is 24.0 Å². The second-order valence-electron chi connectivity index (χ2n) is 7.83. The molecule has 2 aromatic carbocycles. The summed E-state index contributed by atoms with van der Waals surface area (Å²) in [6.45, 7) is 3.23. The van der Waals surface area contributed by atoms with Crippen LogP contribution in [0.1, 0.15) is 42.4 Å². The summed E-state index contributed by atoms with van der Waals surface area (Å²) in [4.78, 5) is 4.61. The topological polar surface area (TPSA) is 79.8 Å². The molecule has 1 aliphatic rings. The molecule has 1 saturated carbocycles. The molecular weight excluding hydrogens is 525 g/mol. The van der Waals surface area contributed by atoms with Gasteiger partial charge in [0.15, 0.2) is 15.8 Å². The molecule has 1 aliphatic carbocycles. The summed E-state index contributed by atoms with van der Waals surface area (Å²) < 4.78 is 29.4. The van der Waals surface area contributed by atoms with Gasteiger partial charge in [-0.25, -0.2) is 8.42 Å². The number of guanidine groups is 1. The maximum atomic E-state index is 11.6. The molecule has 0 atom stereocenters. The zero-order valence-electron chi connectivity index (χ0n) is 18.3. The fraction of sp³-hybridized carbons (Fsp3) is 0.435. The van der Waals surface area contributed by atoms with Crippen LogP contribution in [0, 0.1) is 6.92 Å². The number of rotatable bonds is 7. The van der Waals surface area contributed by atoms with E-state index >= 15 is 0 Å². The predicted octanol–water partition coefficient (Wildman–Crippen LogP) is 4.20. The Kier molecular flexibility index (Phi) is 9.61. The third-order valence-electron chi connectivity index (χ3n) is 5.30. The lowest BCUT2D eigenvalue weighted by Gasteiger charge is -2.18. The normalized spacial score (nSPS) is 14.7. The number of hydrogen-bond donors (Lipinski definition) is 2. The van der Waals surface area contributed by atoms with Crippen LogP contribution < -0.4 is 15.4 Å². The molecule has 0 aromatic heterocycles. The monoisotopic (exact) mass is 557 g/mol. The fourth-order valence-electron chi connectivity index (χ4n) is 3.54. The van der Waals surface area contributed by atoms with E-state index in [0.717, 1.165) is 29.7 Å². The molecule has 0 heterocycles. The van der Waals surface area contributed by atoms with E-state index in [1.165, 1.54) is 24.7 Å². The molecule has 0 spiro atoms. The van der Waals surface area contributed by atoms with E-state index in [1.807, 2.05) is 12.1 Å². The number of sulfone groups is 1. The molecule has 0 saturated heterocycles. The molecule has 2 N–H and O–H groups in total.